The maximum atomic E-state index is 12.1. The van der Waals surface area contributed by atoms with E-state index in [2.05, 4.69) is 0 Å². The van der Waals surface area contributed by atoms with Crippen molar-refractivity contribution in [3.8, 4) is 5.75 Å². The van der Waals surface area contributed by atoms with Crippen molar-refractivity contribution in [2.24, 2.45) is 0 Å². The van der Waals surface area contributed by atoms with Crippen molar-refractivity contribution in [2.45, 2.75) is 0 Å². The van der Waals surface area contributed by atoms with Gasteiger partial charge >= 0.3 is 11.7 Å². The summed E-state index contributed by atoms with van der Waals surface area (Å²) < 4.78 is 5.03. The largest absolute Gasteiger partial charge is 0.490 e. The minimum Gasteiger partial charge on any atom is -0.490 e. The van der Waals surface area contributed by atoms with E-state index in [1.807, 2.05) is 0 Å². The van der Waals surface area contributed by atoms with Crippen molar-refractivity contribution < 1.29 is 24.4 Å². The molecule has 0 atom stereocenters. The molecule has 0 saturated carbocycles. The minimum atomic E-state index is -1.18. The second-order valence-electron chi connectivity index (χ2n) is 4.35. The lowest BCUT2D eigenvalue weighted by molar-refractivity contribution is -0.385. The summed E-state index contributed by atoms with van der Waals surface area (Å²) in [5.74, 6) is -1.62. The van der Waals surface area contributed by atoms with Gasteiger partial charge in [-0.15, -0.1) is 0 Å². The van der Waals surface area contributed by atoms with Crippen LogP contribution in [0.2, 0.25) is 0 Å². The molecule has 10 heteroatoms. The number of ether oxygens (including phenoxy) is 1. The molecule has 0 aliphatic carbocycles. The lowest BCUT2D eigenvalue weighted by Crippen LogP contribution is -2.33. The highest BCUT2D eigenvalue weighted by atomic mass is 32.2. The van der Waals surface area contributed by atoms with E-state index in [4.69, 9.17) is 22.1 Å². The maximum absolute atomic E-state index is 12.1. The van der Waals surface area contributed by atoms with Crippen molar-refractivity contribution in [1.29, 1.82) is 0 Å². The third-order valence-corrected chi connectivity index (χ3v) is 4.24. The summed E-state index contributed by atoms with van der Waals surface area (Å²) in [5.41, 5.74) is 0.176. The van der Waals surface area contributed by atoms with Gasteiger partial charge < -0.3 is 9.84 Å². The Balaban J connectivity index is 2.34. The molecule has 0 aromatic heterocycles. The van der Waals surface area contributed by atoms with Gasteiger partial charge in [0.05, 0.1) is 16.9 Å². The monoisotopic (exact) mass is 354 g/mol. The molecule has 1 heterocycles. The fourth-order valence-electron chi connectivity index (χ4n) is 1.86. The zero-order chi connectivity index (χ0) is 17.1. The maximum Gasteiger partial charge on any atom is 0.323 e. The molecule has 0 unspecified atom stereocenters. The predicted molar refractivity (Wildman–Crippen MR) is 87.2 cm³/mol. The molecule has 1 N–H and O–H groups in total. The second-order valence-corrected chi connectivity index (χ2v) is 6.03. The Labute approximate surface area is 139 Å². The number of carbonyl (C=O) groups excluding carboxylic acids is 1. The van der Waals surface area contributed by atoms with E-state index in [0.717, 1.165) is 16.7 Å². The summed E-state index contributed by atoms with van der Waals surface area (Å²) >= 11 is 5.92. The smallest absolute Gasteiger partial charge is 0.323 e. The van der Waals surface area contributed by atoms with Gasteiger partial charge in [0.15, 0.2) is 5.75 Å². The number of thiocarbonyl (C=S) groups is 1. The van der Waals surface area contributed by atoms with Gasteiger partial charge in [0.2, 0.25) is 0 Å². The Morgan fingerprint density at radius 1 is 1.57 bits per heavy atom. The molecular weight excluding hydrogens is 344 g/mol. The van der Waals surface area contributed by atoms with E-state index in [-0.39, 0.29) is 20.7 Å². The quantitative estimate of drug-likeness (QED) is 0.369. The predicted octanol–water partition coefficient (Wildman–Crippen LogP) is 1.89. The van der Waals surface area contributed by atoms with Gasteiger partial charge in [0.1, 0.15) is 10.9 Å². The first-order valence-corrected chi connectivity index (χ1v) is 7.35. The van der Waals surface area contributed by atoms with E-state index in [9.17, 15) is 19.7 Å². The number of aliphatic carboxylic acids is 1. The Morgan fingerprint density at radius 3 is 2.83 bits per heavy atom. The molecule has 1 amide bonds. The van der Waals surface area contributed by atoms with Crippen LogP contribution in [0.25, 0.3) is 6.08 Å². The molecule has 1 aliphatic heterocycles. The van der Waals surface area contributed by atoms with Crippen LogP contribution in [-0.4, -0.2) is 44.8 Å². The van der Waals surface area contributed by atoms with Crippen LogP contribution in [0.5, 0.6) is 5.75 Å². The highest BCUT2D eigenvalue weighted by Crippen LogP contribution is 2.34. The summed E-state index contributed by atoms with van der Waals surface area (Å²) in [7, 11) is 1.32. The Bertz CT molecular complexity index is 746. The average molecular weight is 354 g/mol. The van der Waals surface area contributed by atoms with Gasteiger partial charge in [0, 0.05) is 6.07 Å². The van der Waals surface area contributed by atoms with Gasteiger partial charge in [-0.2, -0.15) is 0 Å². The third-order valence-electron chi connectivity index (χ3n) is 2.86. The van der Waals surface area contributed by atoms with E-state index in [0.29, 0.717) is 5.56 Å². The number of carbonyl (C=O) groups is 2. The molecule has 23 heavy (non-hydrogen) atoms. The van der Waals surface area contributed by atoms with E-state index >= 15 is 0 Å². The Kier molecular flexibility index (Phi) is 4.96. The summed E-state index contributed by atoms with van der Waals surface area (Å²) in [6.45, 7) is -0.523. The van der Waals surface area contributed by atoms with Crippen molar-refractivity contribution in [3.63, 3.8) is 0 Å². The van der Waals surface area contributed by atoms with Crippen molar-refractivity contribution in [3.05, 3.63) is 38.8 Å². The molecule has 8 nitrogen and oxygen atoms in total. The molecule has 1 aromatic rings. The van der Waals surface area contributed by atoms with Crippen LogP contribution in [-0.2, 0) is 9.59 Å². The van der Waals surface area contributed by atoms with Crippen LogP contribution in [0.15, 0.2) is 23.1 Å². The number of benzene rings is 1. The van der Waals surface area contributed by atoms with Crippen LogP contribution >= 0.6 is 24.0 Å². The summed E-state index contributed by atoms with van der Waals surface area (Å²) in [5, 5.41) is 19.8. The van der Waals surface area contributed by atoms with Gasteiger partial charge in [-0.25, -0.2) is 0 Å². The Hall–Kier alpha value is -2.46. The molecular formula is C13H10N2O6S2. The van der Waals surface area contributed by atoms with Crippen molar-refractivity contribution >= 4 is 51.9 Å². The SMILES string of the molecule is COc1ccc(C=C2SC(=S)N(CC(=O)O)C2=O)cc1[N+](=O)[O-]. The van der Waals surface area contributed by atoms with E-state index in [1.54, 1.807) is 6.07 Å². The fourth-order valence-corrected chi connectivity index (χ4v) is 3.12. The normalized spacial score (nSPS) is 16.0. The number of thioether (sulfide) groups is 1. The first-order valence-electron chi connectivity index (χ1n) is 6.13. The lowest BCUT2D eigenvalue weighted by Gasteiger charge is -2.10. The van der Waals surface area contributed by atoms with Gasteiger partial charge in [0.25, 0.3) is 5.91 Å². The molecule has 0 bridgehead atoms. The summed E-state index contributed by atoms with van der Waals surface area (Å²) in [4.78, 5) is 34.4. The zero-order valence-corrected chi connectivity index (χ0v) is 13.3. The first kappa shape index (κ1) is 16.9. The van der Waals surface area contributed by atoms with Crippen LogP contribution in [0.1, 0.15) is 5.56 Å². The van der Waals surface area contributed by atoms with Crippen LogP contribution in [0, 0.1) is 10.1 Å². The number of nitro groups is 1. The third kappa shape index (κ3) is 3.66. The van der Waals surface area contributed by atoms with Crippen LogP contribution in [0.3, 0.4) is 0 Å². The number of amides is 1. The standard InChI is InChI=1S/C13H10N2O6S2/c1-21-9-3-2-7(4-8(9)15(19)20)5-10-12(18)14(6-11(16)17)13(22)23-10/h2-5H,6H2,1H3,(H,16,17). The first-order chi connectivity index (χ1) is 10.8. The molecule has 0 spiro atoms. The summed E-state index contributed by atoms with van der Waals surface area (Å²) in [6.07, 6.45) is 1.42. The minimum absolute atomic E-state index is 0.102. The molecule has 1 saturated heterocycles. The van der Waals surface area contributed by atoms with E-state index in [1.165, 1.54) is 25.3 Å². The molecule has 0 radical (unpaired) electrons. The molecule has 2 rings (SSSR count). The Morgan fingerprint density at radius 2 is 2.26 bits per heavy atom. The van der Waals surface area contributed by atoms with E-state index < -0.39 is 23.3 Å². The number of nitro benzene ring substituents is 1. The van der Waals surface area contributed by atoms with Crippen LogP contribution in [0.4, 0.5) is 5.69 Å². The molecule has 1 aromatic carbocycles. The second kappa shape index (κ2) is 6.75. The van der Waals surface area contributed by atoms with Crippen LogP contribution < -0.4 is 4.74 Å². The fraction of sp³-hybridized carbons (Fsp3) is 0.154. The molecule has 1 aliphatic rings. The van der Waals surface area contributed by atoms with Gasteiger partial charge in [-0.1, -0.05) is 30.0 Å². The number of hydrogen-bond donors (Lipinski definition) is 1. The number of carboxylic acid groups (broad SMARTS) is 1. The topological polar surface area (TPSA) is 110 Å². The zero-order valence-electron chi connectivity index (χ0n) is 11.7. The highest BCUT2D eigenvalue weighted by Gasteiger charge is 2.33. The number of methoxy groups -OCH3 is 1. The molecule has 120 valence electrons. The average Bonchev–Trinajstić information content (AvgIpc) is 2.74. The van der Waals surface area contributed by atoms with Gasteiger partial charge in [-0.3, -0.25) is 24.6 Å². The lowest BCUT2D eigenvalue weighted by atomic mass is 10.1. The number of nitrogens with zero attached hydrogens (tertiary/aromatic N) is 2. The highest BCUT2D eigenvalue weighted by molar-refractivity contribution is 8.26. The summed E-state index contributed by atoms with van der Waals surface area (Å²) in [6, 6.07) is 4.24. The van der Waals surface area contributed by atoms with Gasteiger partial charge in [-0.05, 0) is 17.7 Å². The number of rotatable bonds is 5. The van der Waals surface area contributed by atoms with Crippen molar-refractivity contribution in [1.82, 2.24) is 4.90 Å². The van der Waals surface area contributed by atoms with Crippen molar-refractivity contribution in [2.75, 3.05) is 13.7 Å². The number of hydrogen-bond acceptors (Lipinski definition) is 7. The molecule has 1 fully saturated rings. The number of carboxylic acids is 1.